The maximum absolute atomic E-state index is 13.6. The maximum atomic E-state index is 13.6. The highest BCUT2D eigenvalue weighted by atomic mass is 19.1. The molecule has 0 aliphatic rings. The molecule has 8 heteroatoms. The fourth-order valence-corrected chi connectivity index (χ4v) is 2.46. The van der Waals surface area contributed by atoms with Gasteiger partial charge in [0, 0.05) is 5.69 Å². The van der Waals surface area contributed by atoms with Crippen molar-refractivity contribution in [2.45, 2.75) is 20.8 Å². The summed E-state index contributed by atoms with van der Waals surface area (Å²) in [6.07, 6.45) is 0. The smallest absolute Gasteiger partial charge is 0.355 e. The molecule has 26 heavy (non-hydrogen) atoms. The molecule has 0 bridgehead atoms. The van der Waals surface area contributed by atoms with E-state index in [1.54, 1.807) is 13.8 Å². The lowest BCUT2D eigenvalue weighted by molar-refractivity contribution is 0.0467. The van der Waals surface area contributed by atoms with Crippen LogP contribution in [0.3, 0.4) is 0 Å². The number of ketones is 1. The van der Waals surface area contributed by atoms with Crippen LogP contribution in [0.5, 0.6) is 0 Å². The second kappa shape index (κ2) is 7.90. The zero-order chi connectivity index (χ0) is 19.4. The molecule has 0 unspecified atom stereocenters. The summed E-state index contributed by atoms with van der Waals surface area (Å²) in [6.45, 7) is 4.17. The van der Waals surface area contributed by atoms with Gasteiger partial charge in [0.25, 0.3) is 0 Å². The fourth-order valence-electron chi connectivity index (χ4n) is 2.46. The van der Waals surface area contributed by atoms with Crippen LogP contribution in [0.15, 0.2) is 18.2 Å². The number of carbonyl (C=O) groups excluding carboxylic acids is 3. The molecule has 0 spiro atoms. The Morgan fingerprint density at radius 1 is 1.08 bits per heavy atom. The summed E-state index contributed by atoms with van der Waals surface area (Å²) in [4.78, 5) is 38.7. The zero-order valence-corrected chi connectivity index (χ0v) is 14.4. The first-order valence-electron chi connectivity index (χ1n) is 7.77. The number of rotatable bonds is 6. The number of aromatic nitrogens is 1. The predicted octanol–water partition coefficient (Wildman–Crippen LogP) is 3.13. The molecule has 2 rings (SSSR count). The van der Waals surface area contributed by atoms with Crippen LogP contribution in [-0.2, 0) is 9.47 Å². The highest BCUT2D eigenvalue weighted by Crippen LogP contribution is 2.20. The van der Waals surface area contributed by atoms with Crippen molar-refractivity contribution in [3.63, 3.8) is 0 Å². The zero-order valence-electron chi connectivity index (χ0n) is 14.4. The number of H-pyrrole nitrogens is 1. The third-order valence-electron chi connectivity index (χ3n) is 3.68. The number of esters is 2. The molecule has 0 aliphatic carbocycles. The lowest BCUT2D eigenvalue weighted by Crippen LogP contribution is -2.16. The Morgan fingerprint density at radius 3 is 2.42 bits per heavy atom. The summed E-state index contributed by atoms with van der Waals surface area (Å²) >= 11 is 0. The summed E-state index contributed by atoms with van der Waals surface area (Å²) in [6, 6.07) is 2.42. The van der Waals surface area contributed by atoms with Gasteiger partial charge < -0.3 is 14.5 Å². The molecule has 0 saturated heterocycles. The van der Waals surface area contributed by atoms with Gasteiger partial charge in [0.05, 0.1) is 17.7 Å². The number of ether oxygens (including phenoxy) is 2. The van der Waals surface area contributed by atoms with Gasteiger partial charge in [-0.3, -0.25) is 4.79 Å². The molecule has 0 atom stereocenters. The molecule has 1 aromatic carbocycles. The highest BCUT2D eigenvalue weighted by molar-refractivity contribution is 6.01. The van der Waals surface area contributed by atoms with Gasteiger partial charge in [-0.1, -0.05) is 0 Å². The van der Waals surface area contributed by atoms with Crippen molar-refractivity contribution in [3.05, 3.63) is 57.9 Å². The Balaban J connectivity index is 2.13. The van der Waals surface area contributed by atoms with Crippen molar-refractivity contribution < 1.29 is 32.6 Å². The van der Waals surface area contributed by atoms with E-state index < -0.39 is 41.5 Å². The molecule has 0 amide bonds. The van der Waals surface area contributed by atoms with E-state index in [2.05, 4.69) is 4.98 Å². The molecule has 0 saturated carbocycles. The SMILES string of the molecule is CCOC(=O)c1c(C)[nH]c(C(=O)OCC(=O)c2cc(F)ccc2F)c1C. The van der Waals surface area contributed by atoms with Crippen molar-refractivity contribution in [2.75, 3.05) is 13.2 Å². The van der Waals surface area contributed by atoms with E-state index in [4.69, 9.17) is 9.47 Å². The topological polar surface area (TPSA) is 85.5 Å². The van der Waals surface area contributed by atoms with E-state index in [1.807, 2.05) is 0 Å². The van der Waals surface area contributed by atoms with E-state index in [-0.39, 0.29) is 17.9 Å². The predicted molar refractivity (Wildman–Crippen MR) is 87.2 cm³/mol. The number of hydrogen-bond donors (Lipinski definition) is 1. The summed E-state index contributed by atoms with van der Waals surface area (Å²) in [5.41, 5.74) is 0.412. The van der Waals surface area contributed by atoms with Crippen LogP contribution in [0, 0.1) is 25.5 Å². The lowest BCUT2D eigenvalue weighted by Gasteiger charge is -2.05. The number of aromatic amines is 1. The average molecular weight is 365 g/mol. The van der Waals surface area contributed by atoms with Gasteiger partial charge in [-0.05, 0) is 44.5 Å². The summed E-state index contributed by atoms with van der Waals surface area (Å²) in [7, 11) is 0. The van der Waals surface area contributed by atoms with Crippen molar-refractivity contribution in [2.24, 2.45) is 0 Å². The van der Waals surface area contributed by atoms with Crippen LogP contribution in [-0.4, -0.2) is 35.9 Å². The van der Waals surface area contributed by atoms with E-state index in [9.17, 15) is 23.2 Å². The van der Waals surface area contributed by atoms with Gasteiger partial charge in [0.15, 0.2) is 6.61 Å². The second-order valence-electron chi connectivity index (χ2n) is 5.47. The largest absolute Gasteiger partial charge is 0.462 e. The van der Waals surface area contributed by atoms with E-state index in [1.165, 1.54) is 6.92 Å². The number of aryl methyl sites for hydroxylation is 1. The Hall–Kier alpha value is -3.03. The van der Waals surface area contributed by atoms with Gasteiger partial charge in [-0.2, -0.15) is 0 Å². The van der Waals surface area contributed by atoms with E-state index >= 15 is 0 Å². The van der Waals surface area contributed by atoms with E-state index in [0.717, 1.165) is 18.2 Å². The minimum Gasteiger partial charge on any atom is -0.462 e. The first kappa shape index (κ1) is 19.3. The first-order valence-corrected chi connectivity index (χ1v) is 7.77. The van der Waals surface area contributed by atoms with E-state index in [0.29, 0.717) is 11.3 Å². The summed E-state index contributed by atoms with van der Waals surface area (Å²) in [5, 5.41) is 0. The van der Waals surface area contributed by atoms with Crippen molar-refractivity contribution in [1.29, 1.82) is 0 Å². The van der Waals surface area contributed by atoms with Gasteiger partial charge in [0.1, 0.15) is 17.3 Å². The first-order chi connectivity index (χ1) is 12.3. The number of benzene rings is 1. The molecule has 0 aliphatic heterocycles. The fraction of sp³-hybridized carbons (Fsp3) is 0.278. The number of Topliss-reactive ketones (excluding diaryl/α,β-unsaturated/α-hetero) is 1. The van der Waals surface area contributed by atoms with Crippen LogP contribution in [0.4, 0.5) is 8.78 Å². The van der Waals surface area contributed by atoms with Gasteiger partial charge >= 0.3 is 11.9 Å². The Kier molecular flexibility index (Phi) is 5.86. The molecule has 1 aromatic heterocycles. The Morgan fingerprint density at radius 2 is 1.77 bits per heavy atom. The summed E-state index contributed by atoms with van der Waals surface area (Å²) in [5.74, 6) is -4.07. The minimum atomic E-state index is -0.913. The molecule has 1 N–H and O–H groups in total. The Bertz CT molecular complexity index is 873. The van der Waals surface area contributed by atoms with Gasteiger partial charge in [0.2, 0.25) is 5.78 Å². The van der Waals surface area contributed by atoms with Crippen LogP contribution in [0.25, 0.3) is 0 Å². The monoisotopic (exact) mass is 365 g/mol. The van der Waals surface area contributed by atoms with Gasteiger partial charge in [-0.25, -0.2) is 18.4 Å². The molecule has 1 heterocycles. The molecule has 0 radical (unpaired) electrons. The van der Waals surface area contributed by atoms with Crippen LogP contribution >= 0.6 is 0 Å². The third-order valence-corrected chi connectivity index (χ3v) is 3.68. The quantitative estimate of drug-likeness (QED) is 0.628. The number of halogens is 2. The standard InChI is InChI=1S/C18H17F2NO5/c1-4-25-17(23)15-9(2)16(21-10(15)3)18(24)26-8-14(22)12-7-11(19)5-6-13(12)20/h5-7,21H,4,8H2,1-3H3. The third kappa shape index (κ3) is 3.96. The molecular formula is C18H17F2NO5. The van der Waals surface area contributed by atoms with Crippen molar-refractivity contribution in [3.8, 4) is 0 Å². The number of hydrogen-bond acceptors (Lipinski definition) is 5. The normalized spacial score (nSPS) is 10.5. The minimum absolute atomic E-state index is 0.0157. The molecule has 2 aromatic rings. The molecule has 138 valence electrons. The molecule has 0 fully saturated rings. The molecular weight excluding hydrogens is 348 g/mol. The van der Waals surface area contributed by atoms with Crippen LogP contribution < -0.4 is 0 Å². The van der Waals surface area contributed by atoms with Crippen LogP contribution in [0.1, 0.15) is 49.4 Å². The highest BCUT2D eigenvalue weighted by Gasteiger charge is 2.24. The number of carbonyl (C=O) groups is 3. The van der Waals surface area contributed by atoms with Crippen molar-refractivity contribution >= 4 is 17.7 Å². The molecule has 6 nitrogen and oxygen atoms in total. The Labute approximate surface area is 148 Å². The number of nitrogens with one attached hydrogen (secondary N) is 1. The van der Waals surface area contributed by atoms with Crippen molar-refractivity contribution in [1.82, 2.24) is 4.98 Å². The average Bonchev–Trinajstić information content (AvgIpc) is 2.89. The van der Waals surface area contributed by atoms with Crippen LogP contribution in [0.2, 0.25) is 0 Å². The van der Waals surface area contributed by atoms with Gasteiger partial charge in [-0.15, -0.1) is 0 Å². The second-order valence-corrected chi connectivity index (χ2v) is 5.47. The maximum Gasteiger partial charge on any atom is 0.355 e. The summed E-state index contributed by atoms with van der Waals surface area (Å²) < 4.78 is 36.5. The lowest BCUT2D eigenvalue weighted by atomic mass is 10.1.